The van der Waals surface area contributed by atoms with E-state index >= 15 is 0 Å². The number of aromatic nitrogens is 1. The summed E-state index contributed by atoms with van der Waals surface area (Å²) in [6, 6.07) is -0.979. The Kier molecular flexibility index (Phi) is 2.85. The maximum Gasteiger partial charge on any atom is 0.331 e. The quantitative estimate of drug-likeness (QED) is 0.762. The Labute approximate surface area is 101 Å². The Bertz CT molecular complexity index is 520. The number of carbonyl (C=O) groups excluding carboxylic acids is 3. The molecule has 2 rings (SSSR count). The minimum Gasteiger partial charge on any atom is -0.444 e. The van der Waals surface area contributed by atoms with Crippen molar-refractivity contribution in [2.75, 3.05) is 0 Å². The van der Waals surface area contributed by atoms with Crippen LogP contribution in [0, 0.1) is 13.8 Å². The van der Waals surface area contributed by atoms with Crippen LogP contribution in [-0.4, -0.2) is 33.9 Å². The van der Waals surface area contributed by atoms with Crippen LogP contribution in [0.25, 0.3) is 0 Å². The van der Waals surface area contributed by atoms with Gasteiger partial charge in [0.05, 0.1) is 5.69 Å². The van der Waals surface area contributed by atoms with Crippen molar-refractivity contribution < 1.29 is 23.2 Å². The van der Waals surface area contributed by atoms with Crippen LogP contribution in [0.5, 0.6) is 0 Å². The van der Waals surface area contributed by atoms with Crippen LogP contribution in [0.3, 0.4) is 0 Å². The Hall–Kier alpha value is -2.25. The average Bonchev–Trinajstić information content (AvgIpc) is 2.61. The van der Waals surface area contributed by atoms with Gasteiger partial charge < -0.3 is 4.42 Å². The van der Waals surface area contributed by atoms with Gasteiger partial charge in [-0.3, -0.25) is 19.8 Å². The number of urea groups is 1. The minimum absolute atomic E-state index is 0.107. The first-order valence-electron chi connectivity index (χ1n) is 5.13. The van der Waals surface area contributed by atoms with Gasteiger partial charge in [0.1, 0.15) is 12.3 Å². The van der Waals surface area contributed by atoms with Crippen LogP contribution in [0.4, 0.5) is 9.18 Å². The molecule has 0 saturated carbocycles. The van der Waals surface area contributed by atoms with Crippen molar-refractivity contribution in [1.29, 1.82) is 0 Å². The van der Waals surface area contributed by atoms with Gasteiger partial charge in [-0.25, -0.2) is 14.2 Å². The molecule has 1 saturated heterocycles. The monoisotopic (exact) mass is 255 g/mol. The number of oxazole rings is 1. The third-order valence-corrected chi connectivity index (χ3v) is 2.55. The third-order valence-electron chi connectivity index (χ3n) is 2.55. The summed E-state index contributed by atoms with van der Waals surface area (Å²) in [5.41, 5.74) is 0.614. The molecule has 1 fully saturated rings. The number of barbiturate groups is 1. The predicted molar refractivity (Wildman–Crippen MR) is 55.0 cm³/mol. The van der Waals surface area contributed by atoms with E-state index in [0.717, 1.165) is 0 Å². The van der Waals surface area contributed by atoms with Crippen molar-refractivity contribution in [2.24, 2.45) is 0 Å². The zero-order valence-electron chi connectivity index (χ0n) is 9.69. The van der Waals surface area contributed by atoms with Crippen molar-refractivity contribution in [1.82, 2.24) is 15.2 Å². The summed E-state index contributed by atoms with van der Waals surface area (Å²) in [6.07, 6.45) is -2.38. The Morgan fingerprint density at radius 3 is 2.61 bits per heavy atom. The lowest BCUT2D eigenvalue weighted by Crippen LogP contribution is -2.58. The molecule has 1 N–H and O–H groups in total. The molecular formula is C10H10FN3O4. The van der Waals surface area contributed by atoms with Gasteiger partial charge in [-0.2, -0.15) is 0 Å². The number of hydrogen-bond donors (Lipinski definition) is 1. The van der Waals surface area contributed by atoms with E-state index in [4.69, 9.17) is 4.42 Å². The molecule has 1 unspecified atom stereocenters. The summed E-state index contributed by atoms with van der Waals surface area (Å²) in [5.74, 6) is -1.81. The van der Waals surface area contributed by atoms with Gasteiger partial charge in [-0.1, -0.05) is 0 Å². The molecule has 0 aromatic carbocycles. The summed E-state index contributed by atoms with van der Waals surface area (Å²) >= 11 is 0. The second-order valence-electron chi connectivity index (χ2n) is 3.83. The molecule has 0 spiro atoms. The first kappa shape index (κ1) is 12.2. The fraction of sp³-hybridized carbons (Fsp3) is 0.400. The Balaban J connectivity index is 2.20. The van der Waals surface area contributed by atoms with Crippen LogP contribution < -0.4 is 5.32 Å². The third kappa shape index (κ3) is 1.96. The SMILES string of the molecule is Cc1nc(CN2C(=O)NC(=O)C(F)C2=O)oc1C. The van der Waals surface area contributed by atoms with Crippen LogP contribution in [0.1, 0.15) is 17.3 Å². The first-order valence-corrected chi connectivity index (χ1v) is 5.13. The summed E-state index contributed by atoms with van der Waals surface area (Å²) in [7, 11) is 0. The van der Waals surface area contributed by atoms with E-state index < -0.39 is 24.0 Å². The highest BCUT2D eigenvalue weighted by molar-refractivity contribution is 6.17. The largest absolute Gasteiger partial charge is 0.444 e. The lowest BCUT2D eigenvalue weighted by molar-refractivity contribution is -0.144. The zero-order chi connectivity index (χ0) is 13.4. The van der Waals surface area contributed by atoms with Gasteiger partial charge >= 0.3 is 6.03 Å². The number of imide groups is 2. The van der Waals surface area contributed by atoms with Gasteiger partial charge in [-0.05, 0) is 13.8 Å². The second kappa shape index (κ2) is 4.21. The lowest BCUT2D eigenvalue weighted by atomic mass is 10.2. The van der Waals surface area contributed by atoms with Crippen molar-refractivity contribution in [3.8, 4) is 0 Å². The van der Waals surface area contributed by atoms with E-state index in [-0.39, 0.29) is 12.4 Å². The maximum atomic E-state index is 13.2. The molecule has 0 bridgehead atoms. The lowest BCUT2D eigenvalue weighted by Gasteiger charge is -2.25. The number of nitrogens with zero attached hydrogens (tertiary/aromatic N) is 2. The first-order chi connectivity index (χ1) is 8.40. The summed E-state index contributed by atoms with van der Waals surface area (Å²) in [6.45, 7) is 3.06. The number of carbonyl (C=O) groups is 3. The second-order valence-corrected chi connectivity index (χ2v) is 3.83. The molecule has 0 radical (unpaired) electrons. The molecule has 1 aliphatic rings. The van der Waals surface area contributed by atoms with Gasteiger partial charge in [-0.15, -0.1) is 0 Å². The molecule has 0 aliphatic carbocycles. The normalized spacial score (nSPS) is 20.3. The van der Waals surface area contributed by atoms with E-state index in [1.165, 1.54) is 0 Å². The summed E-state index contributed by atoms with van der Waals surface area (Å²) in [5, 5.41) is 1.73. The average molecular weight is 255 g/mol. The summed E-state index contributed by atoms with van der Waals surface area (Å²) in [4.78, 5) is 38.2. The molecule has 18 heavy (non-hydrogen) atoms. The number of nitrogens with one attached hydrogen (secondary N) is 1. The van der Waals surface area contributed by atoms with Gasteiger partial charge in [0.25, 0.3) is 18.0 Å². The molecule has 7 nitrogen and oxygen atoms in total. The summed E-state index contributed by atoms with van der Waals surface area (Å²) < 4.78 is 18.4. The zero-order valence-corrected chi connectivity index (χ0v) is 9.69. The molecule has 4 amide bonds. The van der Waals surface area contributed by atoms with Gasteiger partial charge in [0.15, 0.2) is 0 Å². The molecular weight excluding hydrogens is 245 g/mol. The minimum atomic E-state index is -2.38. The van der Waals surface area contributed by atoms with Crippen LogP contribution in [-0.2, 0) is 16.1 Å². The van der Waals surface area contributed by atoms with Crippen molar-refractivity contribution in [2.45, 2.75) is 26.6 Å². The van der Waals surface area contributed by atoms with E-state index in [0.29, 0.717) is 16.4 Å². The highest BCUT2D eigenvalue weighted by Crippen LogP contribution is 2.14. The number of halogens is 1. The van der Waals surface area contributed by atoms with Crippen molar-refractivity contribution >= 4 is 17.8 Å². The molecule has 96 valence electrons. The fourth-order valence-electron chi connectivity index (χ4n) is 1.48. The van der Waals surface area contributed by atoms with Crippen molar-refractivity contribution in [3.63, 3.8) is 0 Å². The van der Waals surface area contributed by atoms with E-state index in [9.17, 15) is 18.8 Å². The van der Waals surface area contributed by atoms with Crippen molar-refractivity contribution in [3.05, 3.63) is 17.3 Å². The molecule has 8 heteroatoms. The fourth-order valence-corrected chi connectivity index (χ4v) is 1.48. The number of aryl methyl sites for hydroxylation is 2. The van der Waals surface area contributed by atoms with Crippen LogP contribution in [0.15, 0.2) is 4.42 Å². The van der Waals surface area contributed by atoms with E-state index in [1.807, 2.05) is 0 Å². The van der Waals surface area contributed by atoms with Gasteiger partial charge in [0.2, 0.25) is 5.89 Å². The molecule has 2 heterocycles. The Morgan fingerprint density at radius 2 is 2.06 bits per heavy atom. The molecule has 1 atom stereocenters. The molecule has 1 aromatic heterocycles. The predicted octanol–water partition coefficient (Wildman–Crippen LogP) is 0.208. The van der Waals surface area contributed by atoms with Crippen LogP contribution >= 0.6 is 0 Å². The number of rotatable bonds is 2. The van der Waals surface area contributed by atoms with E-state index in [1.54, 1.807) is 19.2 Å². The van der Waals surface area contributed by atoms with Gasteiger partial charge in [0, 0.05) is 0 Å². The number of hydrogen-bond acceptors (Lipinski definition) is 5. The topological polar surface area (TPSA) is 92.5 Å². The maximum absolute atomic E-state index is 13.2. The standard InChI is InChI=1S/C10H10FN3O4/c1-4-5(2)18-6(12-4)3-14-9(16)7(11)8(15)13-10(14)17/h7H,3H2,1-2H3,(H,13,15,17). The van der Waals surface area contributed by atoms with Crippen LogP contribution in [0.2, 0.25) is 0 Å². The number of amides is 4. The smallest absolute Gasteiger partial charge is 0.331 e. The molecule has 1 aromatic rings. The highest BCUT2D eigenvalue weighted by Gasteiger charge is 2.41. The Morgan fingerprint density at radius 1 is 1.39 bits per heavy atom. The van der Waals surface area contributed by atoms with E-state index in [2.05, 4.69) is 4.98 Å². The number of alkyl halides is 1. The highest BCUT2D eigenvalue weighted by atomic mass is 19.1. The molecule has 1 aliphatic heterocycles.